The molecule has 176 valence electrons. The molecule has 5 rings (SSSR count). The molecule has 3 heterocycles. The normalized spacial score (nSPS) is 16.2. The predicted molar refractivity (Wildman–Crippen MR) is 128 cm³/mol. The van der Waals surface area contributed by atoms with E-state index < -0.39 is 15.7 Å². The number of primary amides is 1. The van der Waals surface area contributed by atoms with Gasteiger partial charge in [-0.15, -0.1) is 0 Å². The van der Waals surface area contributed by atoms with Gasteiger partial charge in [0.25, 0.3) is 5.91 Å². The van der Waals surface area contributed by atoms with Crippen LogP contribution >= 0.6 is 11.6 Å². The van der Waals surface area contributed by atoms with Crippen molar-refractivity contribution >= 4 is 33.3 Å². The monoisotopic (exact) mass is 498 g/mol. The molecule has 3 aromatic rings. The molecule has 34 heavy (non-hydrogen) atoms. The number of rotatable bonds is 4. The largest absolute Gasteiger partial charge is 0.365 e. The van der Waals surface area contributed by atoms with E-state index in [4.69, 9.17) is 17.3 Å². The number of sulfone groups is 1. The van der Waals surface area contributed by atoms with Gasteiger partial charge in [0.1, 0.15) is 5.69 Å². The van der Waals surface area contributed by atoms with E-state index in [9.17, 15) is 18.0 Å². The average Bonchev–Trinajstić information content (AvgIpc) is 3.30. The fourth-order valence-corrected chi connectivity index (χ4v) is 6.39. The van der Waals surface area contributed by atoms with Gasteiger partial charge in [0.05, 0.1) is 42.3 Å². The number of carbonyl (C=O) groups excluding carboxylic acids is 2. The van der Waals surface area contributed by atoms with Gasteiger partial charge >= 0.3 is 0 Å². The zero-order chi connectivity index (χ0) is 24.2. The van der Waals surface area contributed by atoms with Crippen LogP contribution in [0.1, 0.15) is 38.3 Å². The number of fused-ring (bicyclic) bond motifs is 2. The predicted octanol–water partition coefficient (Wildman–Crippen LogP) is 2.62. The minimum absolute atomic E-state index is 0.0149. The molecule has 2 aliphatic rings. The second-order valence-corrected chi connectivity index (χ2v) is 11.3. The molecular formula is C24H23ClN4O4S. The molecule has 0 saturated carbocycles. The van der Waals surface area contributed by atoms with E-state index in [1.165, 1.54) is 0 Å². The lowest BCUT2D eigenvalue weighted by atomic mass is 10.0. The first-order valence-corrected chi connectivity index (χ1v) is 13.1. The van der Waals surface area contributed by atoms with Crippen molar-refractivity contribution in [2.75, 3.05) is 6.54 Å². The van der Waals surface area contributed by atoms with Gasteiger partial charge in [-0.25, -0.2) is 8.42 Å². The van der Waals surface area contributed by atoms with Crippen molar-refractivity contribution in [2.45, 2.75) is 37.9 Å². The van der Waals surface area contributed by atoms with Crippen LogP contribution in [0.3, 0.4) is 0 Å². The van der Waals surface area contributed by atoms with Crippen LogP contribution in [0, 0.1) is 6.92 Å². The highest BCUT2D eigenvalue weighted by molar-refractivity contribution is 7.90. The number of benzene rings is 2. The van der Waals surface area contributed by atoms with Crippen LogP contribution in [0.5, 0.6) is 0 Å². The fraction of sp³-hybridized carbons (Fsp3) is 0.292. The van der Waals surface area contributed by atoms with Gasteiger partial charge in [-0.05, 0) is 35.2 Å². The Morgan fingerprint density at radius 3 is 2.59 bits per heavy atom. The van der Waals surface area contributed by atoms with Crippen molar-refractivity contribution in [1.82, 2.24) is 14.7 Å². The van der Waals surface area contributed by atoms with E-state index >= 15 is 0 Å². The van der Waals surface area contributed by atoms with Gasteiger partial charge in [0.2, 0.25) is 5.91 Å². The first kappa shape index (κ1) is 22.6. The Bertz CT molecular complexity index is 1460. The molecule has 2 aliphatic heterocycles. The summed E-state index contributed by atoms with van der Waals surface area (Å²) in [5.41, 5.74) is 11.0. The second kappa shape index (κ2) is 8.25. The van der Waals surface area contributed by atoms with E-state index in [1.807, 2.05) is 19.1 Å². The Morgan fingerprint density at radius 1 is 1.09 bits per heavy atom. The maximum absolute atomic E-state index is 13.1. The average molecular weight is 499 g/mol. The summed E-state index contributed by atoms with van der Waals surface area (Å²) in [6.45, 7) is 2.98. The molecule has 10 heteroatoms. The van der Waals surface area contributed by atoms with Crippen LogP contribution in [-0.2, 0) is 45.6 Å². The fourth-order valence-electron chi connectivity index (χ4n) is 4.61. The molecule has 0 unspecified atom stereocenters. The number of nitrogens with zero attached hydrogens (tertiary/aromatic N) is 3. The van der Waals surface area contributed by atoms with Crippen LogP contribution in [0.2, 0.25) is 5.02 Å². The molecule has 0 saturated heterocycles. The second-order valence-electron chi connectivity index (χ2n) is 8.85. The molecule has 0 spiro atoms. The van der Waals surface area contributed by atoms with Crippen molar-refractivity contribution in [2.24, 2.45) is 5.73 Å². The van der Waals surface area contributed by atoms with Crippen molar-refractivity contribution in [3.05, 3.63) is 74.9 Å². The lowest BCUT2D eigenvalue weighted by molar-refractivity contribution is -0.132. The number of aryl methyl sites for hydroxylation is 1. The number of aromatic nitrogens is 2. The van der Waals surface area contributed by atoms with Crippen molar-refractivity contribution < 1.29 is 18.0 Å². The highest BCUT2D eigenvalue weighted by atomic mass is 35.5. The maximum atomic E-state index is 13.1. The molecule has 0 aliphatic carbocycles. The molecule has 2 N–H and O–H groups in total. The number of halogens is 1. The van der Waals surface area contributed by atoms with Gasteiger partial charge in [-0.3, -0.25) is 14.3 Å². The minimum atomic E-state index is -3.10. The van der Waals surface area contributed by atoms with Crippen molar-refractivity contribution in [3.8, 4) is 11.3 Å². The minimum Gasteiger partial charge on any atom is -0.365 e. The molecule has 1 aromatic heterocycles. The standard InChI is InChI=1S/C24H23ClN4O4S/c1-14-2-4-16(10-19(14)25)23-22(24(26)31)20-11-28(6-7-29(20)27-23)21(30)9-15-3-5-17-12-34(32,33)13-18(17)8-15/h2-5,8,10H,6-7,9,11-13H2,1H3,(H2,26,31). The summed E-state index contributed by atoms with van der Waals surface area (Å²) in [5, 5.41) is 5.17. The van der Waals surface area contributed by atoms with Crippen LogP contribution in [0.25, 0.3) is 11.3 Å². The third-order valence-corrected chi connectivity index (χ3v) is 8.31. The summed E-state index contributed by atoms with van der Waals surface area (Å²) in [5.74, 6) is -0.649. The first-order valence-electron chi connectivity index (χ1n) is 10.9. The molecular weight excluding hydrogens is 476 g/mol. The summed E-state index contributed by atoms with van der Waals surface area (Å²) in [6, 6.07) is 10.9. The quantitative estimate of drug-likeness (QED) is 0.593. The van der Waals surface area contributed by atoms with E-state index in [2.05, 4.69) is 5.10 Å². The third kappa shape index (κ3) is 4.10. The summed E-state index contributed by atoms with van der Waals surface area (Å²) >= 11 is 6.28. The Kier molecular flexibility index (Phi) is 5.49. The Labute approximate surface area is 202 Å². The zero-order valence-corrected chi connectivity index (χ0v) is 20.1. The van der Waals surface area contributed by atoms with Gasteiger partial charge in [0.15, 0.2) is 9.84 Å². The van der Waals surface area contributed by atoms with Crippen LogP contribution in [-0.4, -0.2) is 41.5 Å². The molecule has 2 amide bonds. The maximum Gasteiger partial charge on any atom is 0.252 e. The summed E-state index contributed by atoms with van der Waals surface area (Å²) in [7, 11) is -3.10. The lowest BCUT2D eigenvalue weighted by Crippen LogP contribution is -2.40. The van der Waals surface area contributed by atoms with Crippen LogP contribution in [0.4, 0.5) is 0 Å². The summed E-state index contributed by atoms with van der Waals surface area (Å²) in [4.78, 5) is 27.2. The van der Waals surface area contributed by atoms with Crippen molar-refractivity contribution in [1.29, 1.82) is 0 Å². The van der Waals surface area contributed by atoms with Gasteiger partial charge in [-0.1, -0.05) is 41.9 Å². The van der Waals surface area contributed by atoms with Crippen LogP contribution in [0.15, 0.2) is 36.4 Å². The van der Waals surface area contributed by atoms with E-state index in [-0.39, 0.29) is 30.4 Å². The summed E-state index contributed by atoms with van der Waals surface area (Å²) in [6.07, 6.45) is 0.147. The third-order valence-electron chi connectivity index (χ3n) is 6.40. The summed E-state index contributed by atoms with van der Waals surface area (Å²) < 4.78 is 25.5. The Hall–Kier alpha value is -3.17. The smallest absolute Gasteiger partial charge is 0.252 e. The number of hydrogen-bond acceptors (Lipinski definition) is 5. The number of nitrogens with two attached hydrogens (primary N) is 1. The molecule has 0 radical (unpaired) electrons. The molecule has 8 nitrogen and oxygen atoms in total. The molecule has 0 atom stereocenters. The highest BCUT2D eigenvalue weighted by Gasteiger charge is 2.30. The Morgan fingerprint density at radius 2 is 1.85 bits per heavy atom. The SMILES string of the molecule is Cc1ccc(-c2nn3c(c2C(N)=O)CN(C(=O)Cc2ccc4c(c2)CS(=O)(=O)C4)CC3)cc1Cl. The number of amides is 2. The lowest BCUT2D eigenvalue weighted by Gasteiger charge is -2.28. The van der Waals surface area contributed by atoms with Crippen LogP contribution < -0.4 is 5.73 Å². The topological polar surface area (TPSA) is 115 Å². The molecule has 0 fully saturated rings. The van der Waals surface area contributed by atoms with Gasteiger partial charge in [-0.2, -0.15) is 5.10 Å². The van der Waals surface area contributed by atoms with E-state index in [0.29, 0.717) is 40.6 Å². The van der Waals surface area contributed by atoms with Gasteiger partial charge < -0.3 is 10.6 Å². The zero-order valence-electron chi connectivity index (χ0n) is 18.5. The first-order chi connectivity index (χ1) is 16.1. The Balaban J connectivity index is 1.40. The van der Waals surface area contributed by atoms with E-state index in [0.717, 1.165) is 22.3 Å². The number of carbonyl (C=O) groups is 2. The van der Waals surface area contributed by atoms with E-state index in [1.54, 1.807) is 33.8 Å². The van der Waals surface area contributed by atoms with Gasteiger partial charge in [0, 0.05) is 17.1 Å². The number of hydrogen-bond donors (Lipinski definition) is 1. The molecule has 2 aromatic carbocycles. The highest BCUT2D eigenvalue weighted by Crippen LogP contribution is 2.31. The van der Waals surface area contributed by atoms with Crippen molar-refractivity contribution in [3.63, 3.8) is 0 Å². The molecule has 0 bridgehead atoms.